The predicted octanol–water partition coefficient (Wildman–Crippen LogP) is -0.269. The molecule has 0 saturated carbocycles. The van der Waals surface area contributed by atoms with Crippen LogP contribution in [0, 0.1) is 0 Å². The lowest BCUT2D eigenvalue weighted by molar-refractivity contribution is -0.123. The van der Waals surface area contributed by atoms with E-state index in [4.69, 9.17) is 52.1 Å². The summed E-state index contributed by atoms with van der Waals surface area (Å²) in [5.74, 6) is -0.128. The Balaban J connectivity index is 2.21. The molecule has 2 unspecified atom stereocenters. The van der Waals surface area contributed by atoms with Crippen LogP contribution in [-0.2, 0) is 61.7 Å². The SMILES string of the molecule is CN1CC(=O)NCCCCCCCCCNC(=O)CN(C)CC(O)COCCOCCOCCOCCOCCOCCOCCOCCOCCOCCOCC(O)C1. The molecule has 1 rings (SSSR count). The van der Waals surface area contributed by atoms with Gasteiger partial charge in [-0.3, -0.25) is 19.4 Å². The van der Waals surface area contributed by atoms with E-state index in [-0.39, 0.29) is 38.1 Å². The number of hydrogen-bond acceptors (Lipinski definition) is 17. The van der Waals surface area contributed by atoms with Gasteiger partial charge in [-0.15, -0.1) is 0 Å². The highest BCUT2D eigenvalue weighted by Gasteiger charge is 2.13. The van der Waals surface area contributed by atoms with Crippen molar-refractivity contribution in [3.05, 3.63) is 0 Å². The van der Waals surface area contributed by atoms with E-state index in [2.05, 4.69) is 10.6 Å². The molecule has 19 heteroatoms. The third-order valence-corrected chi connectivity index (χ3v) is 8.71. The molecule has 0 aromatic carbocycles. The normalized spacial score (nSPS) is 25.8. The Labute approximate surface area is 359 Å². The third kappa shape index (κ3) is 41.7. The van der Waals surface area contributed by atoms with Gasteiger partial charge in [-0.25, -0.2) is 0 Å². The molecule has 0 aromatic heterocycles. The Morgan fingerprint density at radius 1 is 0.383 bits per heavy atom. The van der Waals surface area contributed by atoms with Gasteiger partial charge >= 0.3 is 0 Å². The maximum absolute atomic E-state index is 12.3. The molecule has 2 amide bonds. The van der Waals surface area contributed by atoms with Crippen molar-refractivity contribution in [2.24, 2.45) is 0 Å². The summed E-state index contributed by atoms with van der Waals surface area (Å²) in [6.45, 7) is 11.6. The van der Waals surface area contributed by atoms with Gasteiger partial charge < -0.3 is 73.0 Å². The van der Waals surface area contributed by atoms with Crippen molar-refractivity contribution in [2.75, 3.05) is 199 Å². The topological polar surface area (TPSA) is 207 Å². The van der Waals surface area contributed by atoms with Crippen molar-refractivity contribution in [3.63, 3.8) is 0 Å². The highest BCUT2D eigenvalue weighted by molar-refractivity contribution is 5.78. The molecule has 1 aliphatic rings. The Bertz CT molecular complexity index is 879. The number of nitrogens with one attached hydrogen (secondary N) is 2. The number of rotatable bonds is 0. The first-order valence-corrected chi connectivity index (χ1v) is 22.0. The van der Waals surface area contributed by atoms with Gasteiger partial charge in [-0.2, -0.15) is 0 Å². The summed E-state index contributed by atoms with van der Waals surface area (Å²) >= 11 is 0. The average Bonchev–Trinajstić information content (AvgIpc) is 3.21. The minimum absolute atomic E-state index is 0.0639. The zero-order valence-electron chi connectivity index (χ0n) is 37.0. The van der Waals surface area contributed by atoms with Crippen LogP contribution in [0.3, 0.4) is 0 Å². The quantitative estimate of drug-likeness (QED) is 0.247. The molecule has 1 heterocycles. The van der Waals surface area contributed by atoms with Gasteiger partial charge in [0.25, 0.3) is 0 Å². The third-order valence-electron chi connectivity index (χ3n) is 8.71. The van der Waals surface area contributed by atoms with Crippen LogP contribution in [0.5, 0.6) is 0 Å². The molecule has 1 fully saturated rings. The standard InChI is InChI=1S/C41H82N4O15/c1-44-32-38(46)36-59-30-28-57-26-24-55-22-20-53-18-16-51-14-12-50-13-15-52-17-19-54-21-23-56-25-27-58-29-31-60-37-39(47)33-45(2)35-41(49)43-11-9-7-5-3-4-6-8-10-42-40(48)34-44/h38-39,46-47H,3-37H2,1-2H3,(H,42,48)(H,43,49). The fourth-order valence-corrected chi connectivity index (χ4v) is 5.68. The van der Waals surface area contributed by atoms with Gasteiger partial charge in [0.05, 0.1) is 171 Å². The molecule has 4 N–H and O–H groups in total. The van der Waals surface area contributed by atoms with Crippen LogP contribution in [0.15, 0.2) is 0 Å². The van der Waals surface area contributed by atoms with Crippen molar-refractivity contribution >= 4 is 11.8 Å². The zero-order chi connectivity index (χ0) is 43.4. The van der Waals surface area contributed by atoms with Crippen LogP contribution in [0.2, 0.25) is 0 Å². The summed E-state index contributed by atoms with van der Waals surface area (Å²) in [6.07, 6.45) is 5.83. The molecule has 356 valence electrons. The maximum Gasteiger partial charge on any atom is 0.234 e. The van der Waals surface area contributed by atoms with Crippen LogP contribution in [0.1, 0.15) is 44.9 Å². The summed E-state index contributed by atoms with van der Waals surface area (Å²) in [4.78, 5) is 28.2. The number of amides is 2. The largest absolute Gasteiger partial charge is 0.389 e. The molecular weight excluding hydrogens is 788 g/mol. The van der Waals surface area contributed by atoms with Gasteiger partial charge in [0, 0.05) is 26.2 Å². The molecule has 60 heavy (non-hydrogen) atoms. The number of aliphatic hydroxyl groups is 2. The van der Waals surface area contributed by atoms with Gasteiger partial charge in [0.15, 0.2) is 0 Å². The van der Waals surface area contributed by atoms with E-state index in [1.165, 1.54) is 0 Å². The summed E-state index contributed by atoms with van der Waals surface area (Å²) in [5, 5.41) is 26.5. The smallest absolute Gasteiger partial charge is 0.234 e. The van der Waals surface area contributed by atoms with E-state index in [0.717, 1.165) is 44.9 Å². The number of aliphatic hydroxyl groups excluding tert-OH is 2. The number of ether oxygens (including phenoxy) is 11. The van der Waals surface area contributed by atoms with Gasteiger partial charge in [0.2, 0.25) is 11.8 Å². The lowest BCUT2D eigenvalue weighted by Crippen LogP contribution is -2.40. The highest BCUT2D eigenvalue weighted by Crippen LogP contribution is 2.06. The molecule has 1 saturated heterocycles. The Morgan fingerprint density at radius 2 is 0.600 bits per heavy atom. The molecule has 1 aliphatic heterocycles. The van der Waals surface area contributed by atoms with Crippen LogP contribution in [0.4, 0.5) is 0 Å². The summed E-state index contributed by atoms with van der Waals surface area (Å²) in [7, 11) is 3.60. The second kappa shape index (κ2) is 44.0. The predicted molar refractivity (Wildman–Crippen MR) is 224 cm³/mol. The van der Waals surface area contributed by atoms with E-state index in [1.54, 1.807) is 23.9 Å². The monoisotopic (exact) mass is 871 g/mol. The van der Waals surface area contributed by atoms with E-state index in [1.807, 2.05) is 0 Å². The van der Waals surface area contributed by atoms with Crippen LogP contribution >= 0.6 is 0 Å². The first-order chi connectivity index (χ1) is 29.4. The Hall–Kier alpha value is -1.66. The van der Waals surface area contributed by atoms with Crippen LogP contribution in [0.25, 0.3) is 0 Å². The number of carbonyl (C=O) groups is 2. The molecule has 19 nitrogen and oxygen atoms in total. The van der Waals surface area contributed by atoms with Gasteiger partial charge in [0.1, 0.15) is 0 Å². The first kappa shape index (κ1) is 56.4. The Morgan fingerprint density at radius 3 is 0.850 bits per heavy atom. The number of likely N-dealkylation sites (N-methyl/N-ethyl adjacent to an activating group) is 2. The molecule has 0 bridgehead atoms. The fourth-order valence-electron chi connectivity index (χ4n) is 5.68. The van der Waals surface area contributed by atoms with Crippen molar-refractivity contribution < 1.29 is 71.9 Å². The average molecular weight is 871 g/mol. The molecule has 2 atom stereocenters. The van der Waals surface area contributed by atoms with Crippen molar-refractivity contribution in [1.82, 2.24) is 20.4 Å². The highest BCUT2D eigenvalue weighted by atomic mass is 16.6. The lowest BCUT2D eigenvalue weighted by Gasteiger charge is -2.20. The molecule has 0 aliphatic carbocycles. The Kier molecular flexibility index (Phi) is 41.3. The van der Waals surface area contributed by atoms with E-state index in [0.29, 0.717) is 158 Å². The minimum Gasteiger partial charge on any atom is -0.389 e. The van der Waals surface area contributed by atoms with Crippen LogP contribution < -0.4 is 10.6 Å². The van der Waals surface area contributed by atoms with Crippen molar-refractivity contribution in [3.8, 4) is 0 Å². The summed E-state index contributed by atoms with van der Waals surface area (Å²) in [5.41, 5.74) is 0. The minimum atomic E-state index is -0.709. The lowest BCUT2D eigenvalue weighted by atomic mass is 10.1. The number of carbonyl (C=O) groups excluding carboxylic acids is 2. The molecule has 0 radical (unpaired) electrons. The van der Waals surface area contributed by atoms with E-state index in [9.17, 15) is 19.8 Å². The second-order valence-corrected chi connectivity index (χ2v) is 14.5. The fraction of sp³-hybridized carbons (Fsp3) is 0.951. The molecular formula is C41H82N4O15. The molecule has 0 aromatic rings. The second-order valence-electron chi connectivity index (χ2n) is 14.5. The molecule has 0 spiro atoms. The van der Waals surface area contributed by atoms with Crippen molar-refractivity contribution in [2.45, 2.75) is 57.2 Å². The number of nitrogens with zero attached hydrogens (tertiary/aromatic N) is 2. The first-order valence-electron chi connectivity index (χ1n) is 22.0. The summed E-state index contributed by atoms with van der Waals surface area (Å²) < 4.78 is 60.5. The zero-order valence-corrected chi connectivity index (χ0v) is 37.0. The van der Waals surface area contributed by atoms with Crippen LogP contribution in [-0.4, -0.2) is 243 Å². The van der Waals surface area contributed by atoms with Gasteiger partial charge in [-0.05, 0) is 26.9 Å². The number of β-amino-alcohol motifs (C(OH)–C–C–N with tert-alkyl or cyclic N) is 2. The van der Waals surface area contributed by atoms with E-state index >= 15 is 0 Å². The van der Waals surface area contributed by atoms with Crippen molar-refractivity contribution in [1.29, 1.82) is 0 Å². The van der Waals surface area contributed by atoms with Gasteiger partial charge in [-0.1, -0.05) is 32.1 Å². The summed E-state index contributed by atoms with van der Waals surface area (Å²) in [6, 6.07) is 0. The van der Waals surface area contributed by atoms with E-state index < -0.39 is 12.2 Å². The maximum atomic E-state index is 12.3. The number of hydrogen-bond donors (Lipinski definition) is 4.